The molecule has 0 aromatic heterocycles. The number of ether oxygens (including phenoxy) is 1. The van der Waals surface area contributed by atoms with E-state index < -0.39 is 5.92 Å². The summed E-state index contributed by atoms with van der Waals surface area (Å²) in [6, 6.07) is 14.9. The zero-order valence-corrected chi connectivity index (χ0v) is 14.6. The van der Waals surface area contributed by atoms with Gasteiger partial charge in [-0.2, -0.15) is 0 Å². The number of nitrogens with two attached hydrogens (primary N) is 1. The number of nitrogen functional groups attached to an aromatic ring is 1. The average Bonchev–Trinajstić information content (AvgIpc) is 2.61. The number of esters is 1. The van der Waals surface area contributed by atoms with E-state index in [0.29, 0.717) is 24.3 Å². The van der Waals surface area contributed by atoms with E-state index in [1.807, 2.05) is 37.3 Å². The number of benzene rings is 2. The van der Waals surface area contributed by atoms with Gasteiger partial charge in [-0.1, -0.05) is 36.4 Å². The van der Waals surface area contributed by atoms with Crippen molar-refractivity contribution < 1.29 is 14.3 Å². The van der Waals surface area contributed by atoms with Gasteiger partial charge in [-0.15, -0.1) is 0 Å². The number of carbonyl (C=O) groups is 2. The minimum atomic E-state index is -0.437. The third-order valence-corrected chi connectivity index (χ3v) is 3.96. The molecule has 2 aromatic carbocycles. The highest BCUT2D eigenvalue weighted by Crippen LogP contribution is 2.14. The number of anilines is 1. The van der Waals surface area contributed by atoms with E-state index in [9.17, 15) is 9.59 Å². The molecule has 25 heavy (non-hydrogen) atoms. The number of aryl methyl sites for hydroxylation is 1. The first kappa shape index (κ1) is 18.5. The van der Waals surface area contributed by atoms with Crippen LogP contribution in [0.2, 0.25) is 0 Å². The van der Waals surface area contributed by atoms with E-state index in [-0.39, 0.29) is 18.4 Å². The highest BCUT2D eigenvalue weighted by Gasteiger charge is 2.22. The second-order valence-corrected chi connectivity index (χ2v) is 5.92. The summed E-state index contributed by atoms with van der Waals surface area (Å²) in [5.41, 5.74) is 8.66. The molecule has 0 saturated carbocycles. The van der Waals surface area contributed by atoms with Crippen LogP contribution in [0.1, 0.15) is 28.4 Å². The fraction of sp³-hybridized carbons (Fsp3) is 0.300. The van der Waals surface area contributed by atoms with Gasteiger partial charge in [0.1, 0.15) is 0 Å². The highest BCUT2D eigenvalue weighted by molar-refractivity contribution is 5.96. The molecule has 0 saturated heterocycles. The van der Waals surface area contributed by atoms with E-state index in [2.05, 4.69) is 5.32 Å². The minimum absolute atomic E-state index is 0.209. The van der Waals surface area contributed by atoms with Gasteiger partial charge in [0.2, 0.25) is 0 Å². The maximum Gasteiger partial charge on any atom is 0.311 e. The van der Waals surface area contributed by atoms with Gasteiger partial charge in [0, 0.05) is 17.8 Å². The summed E-state index contributed by atoms with van der Waals surface area (Å²) in [5, 5.41) is 2.83. The summed E-state index contributed by atoms with van der Waals surface area (Å²) < 4.78 is 5.15. The van der Waals surface area contributed by atoms with Crippen molar-refractivity contribution in [2.24, 2.45) is 5.92 Å². The molecule has 1 amide bonds. The lowest BCUT2D eigenvalue weighted by atomic mass is 9.99. The number of rotatable bonds is 7. The Morgan fingerprint density at radius 3 is 2.56 bits per heavy atom. The molecular formula is C20H24N2O3. The van der Waals surface area contributed by atoms with Crippen molar-refractivity contribution >= 4 is 17.6 Å². The lowest BCUT2D eigenvalue weighted by Gasteiger charge is -2.17. The van der Waals surface area contributed by atoms with Crippen LogP contribution in [0.4, 0.5) is 5.69 Å². The normalized spacial score (nSPS) is 11.6. The molecule has 0 heterocycles. The molecule has 0 aliphatic heterocycles. The molecule has 0 aliphatic rings. The maximum atomic E-state index is 12.4. The van der Waals surface area contributed by atoms with E-state index >= 15 is 0 Å². The Bertz CT molecular complexity index is 729. The molecule has 1 unspecified atom stereocenters. The van der Waals surface area contributed by atoms with Crippen LogP contribution in [0.3, 0.4) is 0 Å². The molecule has 0 fully saturated rings. The van der Waals surface area contributed by atoms with Crippen molar-refractivity contribution in [3.8, 4) is 0 Å². The van der Waals surface area contributed by atoms with Gasteiger partial charge < -0.3 is 15.8 Å². The Morgan fingerprint density at radius 1 is 1.16 bits per heavy atom. The van der Waals surface area contributed by atoms with Crippen molar-refractivity contribution in [1.29, 1.82) is 0 Å². The third kappa shape index (κ3) is 5.35. The number of amides is 1. The van der Waals surface area contributed by atoms with Crippen LogP contribution in [0.5, 0.6) is 0 Å². The SMILES string of the molecule is CCOC(=O)C(CNC(=O)c1cc(N)ccc1C)Cc1ccccc1. The summed E-state index contributed by atoms with van der Waals surface area (Å²) >= 11 is 0. The monoisotopic (exact) mass is 340 g/mol. The molecule has 3 N–H and O–H groups in total. The molecule has 5 heteroatoms. The summed E-state index contributed by atoms with van der Waals surface area (Å²) in [7, 11) is 0. The highest BCUT2D eigenvalue weighted by atomic mass is 16.5. The number of hydrogen-bond donors (Lipinski definition) is 2. The second kappa shape index (κ2) is 8.87. The molecule has 0 spiro atoms. The molecular weight excluding hydrogens is 316 g/mol. The zero-order valence-electron chi connectivity index (χ0n) is 14.6. The molecule has 0 radical (unpaired) electrons. The van der Waals surface area contributed by atoms with Gasteiger partial charge in [-0.25, -0.2) is 0 Å². The van der Waals surface area contributed by atoms with Crippen LogP contribution in [0.25, 0.3) is 0 Å². The van der Waals surface area contributed by atoms with Crippen molar-refractivity contribution in [3.63, 3.8) is 0 Å². The first-order valence-electron chi connectivity index (χ1n) is 8.36. The maximum absolute atomic E-state index is 12.4. The second-order valence-electron chi connectivity index (χ2n) is 5.92. The Morgan fingerprint density at radius 2 is 1.88 bits per heavy atom. The predicted molar refractivity (Wildman–Crippen MR) is 98.2 cm³/mol. The van der Waals surface area contributed by atoms with Gasteiger partial charge in [0.05, 0.1) is 12.5 Å². The van der Waals surface area contributed by atoms with E-state index in [4.69, 9.17) is 10.5 Å². The Kier molecular flexibility index (Phi) is 6.57. The summed E-state index contributed by atoms with van der Waals surface area (Å²) in [5.74, 6) is -0.990. The number of carbonyl (C=O) groups excluding carboxylic acids is 2. The van der Waals surface area contributed by atoms with Crippen LogP contribution in [-0.4, -0.2) is 25.0 Å². The topological polar surface area (TPSA) is 81.4 Å². The van der Waals surface area contributed by atoms with Crippen molar-refractivity contribution in [3.05, 3.63) is 65.2 Å². The van der Waals surface area contributed by atoms with E-state index in [0.717, 1.165) is 11.1 Å². The first-order chi connectivity index (χ1) is 12.0. The fourth-order valence-corrected chi connectivity index (χ4v) is 2.59. The van der Waals surface area contributed by atoms with Gasteiger partial charge in [-0.05, 0) is 43.5 Å². The average molecular weight is 340 g/mol. The first-order valence-corrected chi connectivity index (χ1v) is 8.36. The zero-order chi connectivity index (χ0) is 18.2. The molecule has 0 aliphatic carbocycles. The van der Waals surface area contributed by atoms with Crippen LogP contribution in [-0.2, 0) is 16.0 Å². The standard InChI is InChI=1S/C20H24N2O3/c1-3-25-20(24)16(11-15-7-5-4-6-8-15)13-22-19(23)18-12-17(21)10-9-14(18)2/h4-10,12,16H,3,11,13,21H2,1-2H3,(H,22,23). The van der Waals surface area contributed by atoms with Crippen LogP contribution >= 0.6 is 0 Å². The van der Waals surface area contributed by atoms with Gasteiger partial charge in [0.25, 0.3) is 5.91 Å². The van der Waals surface area contributed by atoms with Crippen LogP contribution in [0, 0.1) is 12.8 Å². The van der Waals surface area contributed by atoms with Crippen molar-refractivity contribution in [1.82, 2.24) is 5.32 Å². The smallest absolute Gasteiger partial charge is 0.311 e. The summed E-state index contributed by atoms with van der Waals surface area (Å²) in [6.45, 7) is 4.14. The summed E-state index contributed by atoms with van der Waals surface area (Å²) in [6.07, 6.45) is 0.510. The fourth-order valence-electron chi connectivity index (χ4n) is 2.59. The van der Waals surface area contributed by atoms with E-state index in [1.165, 1.54) is 0 Å². The van der Waals surface area contributed by atoms with Crippen LogP contribution in [0.15, 0.2) is 48.5 Å². The Labute approximate surface area is 148 Å². The minimum Gasteiger partial charge on any atom is -0.466 e. The molecule has 132 valence electrons. The van der Waals surface area contributed by atoms with E-state index in [1.54, 1.807) is 25.1 Å². The van der Waals surface area contributed by atoms with Crippen LogP contribution < -0.4 is 11.1 Å². The molecule has 2 aromatic rings. The van der Waals surface area contributed by atoms with Crippen molar-refractivity contribution in [2.75, 3.05) is 18.9 Å². The molecule has 0 bridgehead atoms. The lowest BCUT2D eigenvalue weighted by Crippen LogP contribution is -2.35. The third-order valence-electron chi connectivity index (χ3n) is 3.96. The lowest BCUT2D eigenvalue weighted by molar-refractivity contribution is -0.147. The Hall–Kier alpha value is -2.82. The largest absolute Gasteiger partial charge is 0.466 e. The summed E-state index contributed by atoms with van der Waals surface area (Å²) in [4.78, 5) is 24.7. The quantitative estimate of drug-likeness (QED) is 0.600. The van der Waals surface area contributed by atoms with Gasteiger partial charge >= 0.3 is 5.97 Å². The van der Waals surface area contributed by atoms with Gasteiger partial charge in [0.15, 0.2) is 0 Å². The molecule has 5 nitrogen and oxygen atoms in total. The molecule has 1 atom stereocenters. The number of nitrogens with one attached hydrogen (secondary N) is 1. The molecule has 2 rings (SSSR count). The Balaban J connectivity index is 2.07. The van der Waals surface area contributed by atoms with Crippen molar-refractivity contribution in [2.45, 2.75) is 20.3 Å². The van der Waals surface area contributed by atoms with Gasteiger partial charge in [-0.3, -0.25) is 9.59 Å². The predicted octanol–water partition coefficient (Wildman–Crippen LogP) is 2.73. The number of hydrogen-bond acceptors (Lipinski definition) is 4.